The lowest BCUT2D eigenvalue weighted by atomic mass is 9.96. The fourth-order valence-corrected chi connectivity index (χ4v) is 3.42. The maximum atomic E-state index is 4.92. The number of hydrogen-bond donors (Lipinski definition) is 0. The van der Waals surface area contributed by atoms with Gasteiger partial charge in [-0.1, -0.05) is 60.7 Å². The van der Waals surface area contributed by atoms with Crippen LogP contribution in [0.25, 0.3) is 43.8 Å². The number of para-hydroxylation sites is 1. The number of rotatable bonds is 1. The fraction of sp³-hybridized carbons (Fsp3) is 0. The Morgan fingerprint density at radius 1 is 0.583 bits per heavy atom. The third-order valence-electron chi connectivity index (χ3n) is 4.50. The molecule has 0 aliphatic carbocycles. The van der Waals surface area contributed by atoms with Crippen molar-refractivity contribution in [2.75, 3.05) is 0 Å². The molecule has 0 fully saturated rings. The third kappa shape index (κ3) is 1.90. The number of pyridine rings is 2. The zero-order chi connectivity index (χ0) is 15.9. The summed E-state index contributed by atoms with van der Waals surface area (Å²) in [5, 5.41) is 6.08. The van der Waals surface area contributed by atoms with Crippen molar-refractivity contribution in [2.24, 2.45) is 0 Å². The van der Waals surface area contributed by atoms with Crippen molar-refractivity contribution in [1.29, 1.82) is 0 Å². The first kappa shape index (κ1) is 13.2. The monoisotopic (exact) mass is 306 g/mol. The second kappa shape index (κ2) is 5.14. The van der Waals surface area contributed by atoms with E-state index in [-0.39, 0.29) is 0 Å². The van der Waals surface area contributed by atoms with Crippen LogP contribution in [0.3, 0.4) is 0 Å². The minimum absolute atomic E-state index is 0.906. The van der Waals surface area contributed by atoms with Gasteiger partial charge in [0.15, 0.2) is 0 Å². The fourth-order valence-electron chi connectivity index (χ4n) is 3.42. The molecule has 5 rings (SSSR count). The number of benzene rings is 3. The molecule has 0 radical (unpaired) electrons. The Labute approximate surface area is 139 Å². The maximum absolute atomic E-state index is 4.92. The van der Waals surface area contributed by atoms with Gasteiger partial charge in [0.2, 0.25) is 0 Å². The zero-order valence-electron chi connectivity index (χ0n) is 13.0. The van der Waals surface area contributed by atoms with E-state index in [1.807, 2.05) is 30.5 Å². The molecule has 0 saturated heterocycles. The van der Waals surface area contributed by atoms with E-state index in [2.05, 4.69) is 59.6 Å². The van der Waals surface area contributed by atoms with Gasteiger partial charge in [-0.2, -0.15) is 0 Å². The quantitative estimate of drug-likeness (QED) is 0.376. The highest BCUT2D eigenvalue weighted by Gasteiger charge is 2.13. The van der Waals surface area contributed by atoms with Crippen molar-refractivity contribution in [2.45, 2.75) is 0 Å². The summed E-state index contributed by atoms with van der Waals surface area (Å²) in [4.78, 5) is 9.44. The molecule has 0 N–H and O–H groups in total. The lowest BCUT2D eigenvalue weighted by Crippen LogP contribution is -1.92. The van der Waals surface area contributed by atoms with E-state index in [4.69, 9.17) is 4.98 Å². The number of nitrogens with zero attached hydrogens (tertiary/aromatic N) is 2. The predicted octanol–water partition coefficient (Wildman–Crippen LogP) is 5.60. The van der Waals surface area contributed by atoms with Gasteiger partial charge in [0.25, 0.3) is 0 Å². The Balaban J connectivity index is 2.06. The van der Waals surface area contributed by atoms with Gasteiger partial charge < -0.3 is 0 Å². The average molecular weight is 306 g/mol. The van der Waals surface area contributed by atoms with Gasteiger partial charge in [-0.25, -0.2) is 4.98 Å². The Morgan fingerprint density at radius 3 is 2.25 bits per heavy atom. The smallest absolute Gasteiger partial charge is 0.0972 e. The predicted molar refractivity (Wildman–Crippen MR) is 100.0 cm³/mol. The van der Waals surface area contributed by atoms with Crippen LogP contribution in [0.1, 0.15) is 0 Å². The molecule has 3 aromatic carbocycles. The van der Waals surface area contributed by atoms with Gasteiger partial charge >= 0.3 is 0 Å². The summed E-state index contributed by atoms with van der Waals surface area (Å²) >= 11 is 0. The van der Waals surface area contributed by atoms with Gasteiger partial charge in [-0.05, 0) is 29.0 Å². The van der Waals surface area contributed by atoms with Crippen molar-refractivity contribution >= 4 is 32.4 Å². The molecule has 0 aliphatic rings. The topological polar surface area (TPSA) is 25.8 Å². The molecule has 0 atom stereocenters. The molecule has 112 valence electrons. The van der Waals surface area contributed by atoms with Crippen LogP contribution < -0.4 is 0 Å². The van der Waals surface area contributed by atoms with Crippen molar-refractivity contribution in [3.63, 3.8) is 0 Å². The largest absolute Gasteiger partial charge is 0.255 e. The van der Waals surface area contributed by atoms with Crippen LogP contribution in [0.5, 0.6) is 0 Å². The molecule has 2 heteroatoms. The lowest BCUT2D eigenvalue weighted by Gasteiger charge is -2.12. The Hall–Kier alpha value is -3.26. The van der Waals surface area contributed by atoms with E-state index in [0.29, 0.717) is 0 Å². The molecule has 0 aliphatic heterocycles. The van der Waals surface area contributed by atoms with E-state index >= 15 is 0 Å². The molecule has 0 unspecified atom stereocenters. The van der Waals surface area contributed by atoms with Gasteiger partial charge in [0.1, 0.15) is 0 Å². The molecule has 5 aromatic rings. The van der Waals surface area contributed by atoms with Gasteiger partial charge in [0, 0.05) is 22.4 Å². The summed E-state index contributed by atoms with van der Waals surface area (Å²) in [6.07, 6.45) is 1.82. The molecular formula is C22H14N2. The average Bonchev–Trinajstić information content (AvgIpc) is 2.67. The second-order valence-corrected chi connectivity index (χ2v) is 5.90. The van der Waals surface area contributed by atoms with E-state index in [1.165, 1.54) is 21.5 Å². The van der Waals surface area contributed by atoms with Crippen LogP contribution in [-0.4, -0.2) is 9.97 Å². The summed E-state index contributed by atoms with van der Waals surface area (Å²) in [7, 11) is 0. The summed E-state index contributed by atoms with van der Waals surface area (Å²) in [5.74, 6) is 0. The van der Waals surface area contributed by atoms with Crippen LogP contribution in [-0.2, 0) is 0 Å². The molecule has 0 saturated carbocycles. The molecule has 2 aromatic heterocycles. The Kier molecular flexibility index (Phi) is 2.83. The molecule has 0 spiro atoms. The van der Waals surface area contributed by atoms with Crippen molar-refractivity contribution in [3.8, 4) is 11.4 Å². The zero-order valence-corrected chi connectivity index (χ0v) is 13.0. The van der Waals surface area contributed by atoms with Gasteiger partial charge in [-0.3, -0.25) is 4.98 Å². The highest BCUT2D eigenvalue weighted by molar-refractivity contribution is 6.22. The molecular weight excluding hydrogens is 292 g/mol. The number of hydrogen-bond acceptors (Lipinski definition) is 2. The summed E-state index contributed by atoms with van der Waals surface area (Å²) in [6.45, 7) is 0. The van der Waals surface area contributed by atoms with E-state index in [0.717, 1.165) is 22.3 Å². The SMILES string of the molecule is c1ccc(-c2nc3ccccc3c3c2ccc2ccccc23)nc1. The van der Waals surface area contributed by atoms with Crippen LogP contribution in [0.2, 0.25) is 0 Å². The molecule has 2 heterocycles. The minimum atomic E-state index is 0.906. The first-order chi connectivity index (χ1) is 11.9. The normalized spacial score (nSPS) is 11.3. The summed E-state index contributed by atoms with van der Waals surface area (Å²) < 4.78 is 0. The van der Waals surface area contributed by atoms with Crippen LogP contribution in [0, 0.1) is 0 Å². The van der Waals surface area contributed by atoms with Crippen LogP contribution >= 0.6 is 0 Å². The number of aromatic nitrogens is 2. The lowest BCUT2D eigenvalue weighted by molar-refractivity contribution is 1.29. The van der Waals surface area contributed by atoms with Crippen LogP contribution in [0.15, 0.2) is 85.1 Å². The standard InChI is InChI=1S/C22H14N2/c1-2-8-16-15(7-1)12-13-18-21(16)17-9-3-4-10-19(17)24-22(18)20-11-5-6-14-23-20/h1-14H. The molecule has 0 bridgehead atoms. The Bertz CT molecular complexity index is 1180. The van der Waals surface area contributed by atoms with E-state index < -0.39 is 0 Å². The molecule has 2 nitrogen and oxygen atoms in total. The first-order valence-corrected chi connectivity index (χ1v) is 8.03. The van der Waals surface area contributed by atoms with Crippen molar-refractivity contribution in [3.05, 3.63) is 85.1 Å². The van der Waals surface area contributed by atoms with E-state index in [1.54, 1.807) is 0 Å². The summed E-state index contributed by atoms with van der Waals surface area (Å²) in [6, 6.07) is 27.1. The van der Waals surface area contributed by atoms with Crippen molar-refractivity contribution < 1.29 is 0 Å². The molecule has 24 heavy (non-hydrogen) atoms. The van der Waals surface area contributed by atoms with Gasteiger partial charge in [0.05, 0.1) is 16.9 Å². The Morgan fingerprint density at radius 2 is 1.38 bits per heavy atom. The highest BCUT2D eigenvalue weighted by atomic mass is 14.8. The minimum Gasteiger partial charge on any atom is -0.255 e. The number of fused-ring (bicyclic) bond motifs is 5. The third-order valence-corrected chi connectivity index (χ3v) is 4.50. The maximum Gasteiger partial charge on any atom is 0.0972 e. The first-order valence-electron chi connectivity index (χ1n) is 8.03. The van der Waals surface area contributed by atoms with E-state index in [9.17, 15) is 0 Å². The second-order valence-electron chi connectivity index (χ2n) is 5.90. The summed E-state index contributed by atoms with van der Waals surface area (Å²) in [5.41, 5.74) is 2.85. The van der Waals surface area contributed by atoms with Crippen molar-refractivity contribution in [1.82, 2.24) is 9.97 Å². The highest BCUT2D eigenvalue weighted by Crippen LogP contribution is 2.36. The molecule has 0 amide bonds. The van der Waals surface area contributed by atoms with Crippen LogP contribution in [0.4, 0.5) is 0 Å². The van der Waals surface area contributed by atoms with Gasteiger partial charge in [-0.15, -0.1) is 0 Å².